The summed E-state index contributed by atoms with van der Waals surface area (Å²) in [7, 11) is 0. The van der Waals surface area contributed by atoms with Crippen LogP contribution in [0.4, 0.5) is 14.9 Å². The smallest absolute Gasteiger partial charge is 0.343 e. The molecule has 2 aliphatic heterocycles. The van der Waals surface area contributed by atoms with Gasteiger partial charge in [-0.1, -0.05) is 38.0 Å². The Morgan fingerprint density at radius 3 is 2.12 bits per heavy atom. The quantitative estimate of drug-likeness (QED) is 0.00949. The first kappa shape index (κ1) is 65.9. The summed E-state index contributed by atoms with van der Waals surface area (Å²) in [5, 5.41) is 40.6. The molecule has 2 aromatic carbocycles. The lowest BCUT2D eigenvalue weighted by Crippen LogP contribution is -2.54. The molecule has 27 nitrogen and oxygen atoms in total. The number of aryl methyl sites for hydroxylation is 1. The van der Waals surface area contributed by atoms with Crippen LogP contribution >= 0.6 is 0 Å². The Morgan fingerprint density at radius 2 is 1.51 bits per heavy atom. The number of anilines is 1. The molecule has 0 radical (unpaired) electrons. The SMILES string of the molecule is CC[C@@]1(O)C(=O)OCc2c1cc1n(c2=O)Cc2c-1nc1cc(F)c(C)c3c1c2C(NC(=O)C(O)c1ccc(NC(=O)[C@H](CCCNC(N)=O)NC(=O)[C@@H](NC(=O)CCOCCOCCOCCOCCOCCOCCN=[N+]=[N-])C(C)C)cc1)CC3. The van der Waals surface area contributed by atoms with E-state index in [2.05, 4.69) is 36.6 Å². The second-order valence-electron chi connectivity index (χ2n) is 21.1. The Balaban J connectivity index is 0.893. The Kier molecular flexibility index (Phi) is 24.2. The van der Waals surface area contributed by atoms with Gasteiger partial charge in [-0.15, -0.1) is 0 Å². The molecule has 5 atom stereocenters. The molecule has 4 aromatic rings. The third kappa shape index (κ3) is 16.6. The molecule has 3 aliphatic rings. The first-order valence-corrected chi connectivity index (χ1v) is 28.7. The van der Waals surface area contributed by atoms with Crippen LogP contribution in [0.15, 0.2) is 46.3 Å². The molecule has 1 aliphatic carbocycles. The molecule has 2 aromatic heterocycles. The third-order valence-corrected chi connectivity index (χ3v) is 15.0. The molecule has 466 valence electrons. The summed E-state index contributed by atoms with van der Waals surface area (Å²) >= 11 is 0. The van der Waals surface area contributed by atoms with Gasteiger partial charge in [0, 0.05) is 52.7 Å². The fraction of sp³-hybridized carbons (Fsp3) is 0.552. The molecule has 6 amide bonds. The Labute approximate surface area is 495 Å². The van der Waals surface area contributed by atoms with Crippen molar-refractivity contribution < 1.29 is 76.5 Å². The Morgan fingerprint density at radius 1 is 0.884 bits per heavy atom. The fourth-order valence-electron chi connectivity index (χ4n) is 10.4. The van der Waals surface area contributed by atoms with E-state index < -0.39 is 82.8 Å². The van der Waals surface area contributed by atoms with Crippen LogP contribution in [0.3, 0.4) is 0 Å². The maximum Gasteiger partial charge on any atom is 0.343 e. The standard InChI is InChI=1S/C58H76FN11O16/c1-5-58(79)40-29-45-50-38(31-70(45)55(76)39(40)32-86-56(58)77)48-42(13-12-37-34(4)41(59)30-44(65-50)47(37)48)66-54(75)51(72)35-8-10-36(11-9-35)64-52(73)43(7-6-15-62-57(60)78)67-53(74)49(33(2)3)68-46(71)14-17-80-19-21-82-23-25-84-27-28-85-26-24-83-22-20-81-18-16-63-69-61/h8-11,29-30,33,42-43,49,51,72,79H,5-7,12-28,31-32H2,1-4H3,(H,64,73)(H,66,75)(H,67,74)(H,68,71)(H3,60,62,78)/t42?,43-,49-,51?,58-/m0/s1. The van der Waals surface area contributed by atoms with Gasteiger partial charge < -0.3 is 80.3 Å². The molecule has 28 heteroatoms. The molecule has 0 spiro atoms. The maximum absolute atomic E-state index is 15.5. The number of azide groups is 1. The average Bonchev–Trinajstić information content (AvgIpc) is 1.66. The van der Waals surface area contributed by atoms with Gasteiger partial charge in [0.25, 0.3) is 11.5 Å². The number of aliphatic hydroxyl groups is 2. The van der Waals surface area contributed by atoms with Gasteiger partial charge >= 0.3 is 12.0 Å². The van der Waals surface area contributed by atoms with Crippen LogP contribution in [0.5, 0.6) is 0 Å². The molecular formula is C58H76FN11O16. The summed E-state index contributed by atoms with van der Waals surface area (Å²) in [6.45, 7) is 10.7. The summed E-state index contributed by atoms with van der Waals surface area (Å²) in [4.78, 5) is 101. The first-order valence-electron chi connectivity index (χ1n) is 28.7. The van der Waals surface area contributed by atoms with Crippen LogP contribution in [-0.4, -0.2) is 160 Å². The molecule has 0 saturated carbocycles. The molecule has 0 saturated heterocycles. The highest BCUT2D eigenvalue weighted by Gasteiger charge is 2.46. The number of amides is 6. The lowest BCUT2D eigenvalue weighted by Gasteiger charge is -2.31. The van der Waals surface area contributed by atoms with E-state index in [9.17, 15) is 43.8 Å². The van der Waals surface area contributed by atoms with Crippen molar-refractivity contribution in [2.75, 3.05) is 97.7 Å². The highest BCUT2D eigenvalue weighted by Crippen LogP contribution is 2.46. The van der Waals surface area contributed by atoms with Crippen LogP contribution < -0.4 is 37.9 Å². The Bertz CT molecular complexity index is 3190. The number of nitrogens with one attached hydrogen (secondary N) is 5. The van der Waals surface area contributed by atoms with Gasteiger partial charge in [-0.2, -0.15) is 0 Å². The number of urea groups is 1. The second-order valence-corrected chi connectivity index (χ2v) is 21.1. The number of aromatic nitrogens is 2. The number of hydrogen-bond donors (Lipinski definition) is 8. The molecule has 0 bridgehead atoms. The number of halogens is 1. The molecule has 4 heterocycles. The van der Waals surface area contributed by atoms with Gasteiger partial charge in [0.2, 0.25) is 17.7 Å². The van der Waals surface area contributed by atoms with Crippen LogP contribution in [0.1, 0.15) is 104 Å². The van der Waals surface area contributed by atoms with Crippen molar-refractivity contribution in [3.63, 3.8) is 0 Å². The van der Waals surface area contributed by atoms with E-state index in [-0.39, 0.29) is 99.6 Å². The minimum absolute atomic E-state index is 0.0174. The second kappa shape index (κ2) is 31.6. The highest BCUT2D eigenvalue weighted by atomic mass is 19.1. The predicted molar refractivity (Wildman–Crippen MR) is 308 cm³/mol. The van der Waals surface area contributed by atoms with Crippen molar-refractivity contribution in [3.05, 3.63) is 102 Å². The van der Waals surface area contributed by atoms with E-state index in [0.717, 1.165) is 0 Å². The zero-order chi connectivity index (χ0) is 61.9. The number of rotatable bonds is 35. The molecule has 9 N–H and O–H groups in total. The third-order valence-electron chi connectivity index (χ3n) is 15.0. The van der Waals surface area contributed by atoms with E-state index >= 15 is 4.39 Å². The van der Waals surface area contributed by atoms with Crippen molar-refractivity contribution in [1.29, 1.82) is 0 Å². The van der Waals surface area contributed by atoms with Gasteiger partial charge in [-0.25, -0.2) is 19.0 Å². The zero-order valence-electron chi connectivity index (χ0n) is 48.7. The number of benzene rings is 2. The van der Waals surface area contributed by atoms with E-state index in [1.165, 1.54) is 34.9 Å². The van der Waals surface area contributed by atoms with E-state index in [0.29, 0.717) is 111 Å². The van der Waals surface area contributed by atoms with Crippen LogP contribution in [0.2, 0.25) is 0 Å². The number of carbonyl (C=O) groups excluding carboxylic acids is 6. The van der Waals surface area contributed by atoms with Crippen molar-refractivity contribution in [2.24, 2.45) is 16.8 Å². The summed E-state index contributed by atoms with van der Waals surface area (Å²) in [5.74, 6) is -4.26. The highest BCUT2D eigenvalue weighted by molar-refractivity contribution is 5.99. The summed E-state index contributed by atoms with van der Waals surface area (Å²) < 4.78 is 54.8. The minimum Gasteiger partial charge on any atom is -0.458 e. The predicted octanol–water partition coefficient (Wildman–Crippen LogP) is 3.18. The summed E-state index contributed by atoms with van der Waals surface area (Å²) in [6.07, 6.45) is -0.888. The van der Waals surface area contributed by atoms with Crippen molar-refractivity contribution in [1.82, 2.24) is 30.8 Å². The van der Waals surface area contributed by atoms with Crippen LogP contribution in [-0.2, 0) is 82.3 Å². The van der Waals surface area contributed by atoms with Crippen molar-refractivity contribution in [3.8, 4) is 11.4 Å². The minimum atomic E-state index is -2.07. The number of hydrogen-bond acceptors (Lipinski definition) is 18. The summed E-state index contributed by atoms with van der Waals surface area (Å²) in [5.41, 5.74) is 14.8. The molecular weight excluding hydrogens is 1130 g/mol. The maximum atomic E-state index is 15.5. The number of cyclic esters (lactones) is 1. The van der Waals surface area contributed by atoms with Crippen molar-refractivity contribution in [2.45, 2.75) is 109 Å². The molecule has 86 heavy (non-hydrogen) atoms. The normalized spacial score (nSPS) is 16.7. The van der Waals surface area contributed by atoms with Gasteiger partial charge in [-0.05, 0) is 90.9 Å². The van der Waals surface area contributed by atoms with Gasteiger partial charge in [0.1, 0.15) is 24.5 Å². The number of esters is 1. The van der Waals surface area contributed by atoms with E-state index in [4.69, 9.17) is 49.4 Å². The largest absolute Gasteiger partial charge is 0.458 e. The lowest BCUT2D eigenvalue weighted by molar-refractivity contribution is -0.172. The number of primary amides is 1. The van der Waals surface area contributed by atoms with Gasteiger partial charge in [0.05, 0.1) is 114 Å². The number of nitrogens with two attached hydrogens (primary N) is 1. The number of nitrogens with zero attached hydrogens (tertiary/aromatic N) is 5. The molecule has 2 unspecified atom stereocenters. The monoisotopic (exact) mass is 1200 g/mol. The number of aliphatic hydroxyl groups excluding tert-OH is 1. The van der Waals surface area contributed by atoms with Crippen LogP contribution in [0, 0.1) is 18.7 Å². The number of pyridine rings is 2. The first-order chi connectivity index (χ1) is 41.4. The number of carbonyl (C=O) groups is 6. The number of fused-ring (bicyclic) bond motifs is 5. The fourth-order valence-corrected chi connectivity index (χ4v) is 10.4. The van der Waals surface area contributed by atoms with Gasteiger partial charge in [-0.3, -0.25) is 24.0 Å². The molecule has 7 rings (SSSR count). The average molecular weight is 1200 g/mol. The van der Waals surface area contributed by atoms with E-state index in [1.807, 2.05) is 0 Å². The number of ether oxygens (including phenoxy) is 7. The van der Waals surface area contributed by atoms with Crippen molar-refractivity contribution >= 4 is 52.2 Å². The topological polar surface area (TPSA) is 377 Å². The van der Waals surface area contributed by atoms with Crippen LogP contribution in [0.25, 0.3) is 32.7 Å². The molecule has 0 fully saturated rings. The lowest BCUT2D eigenvalue weighted by atomic mass is 9.81. The Hall–Kier alpha value is -7.66. The summed E-state index contributed by atoms with van der Waals surface area (Å²) in [6, 6.07) is 4.99. The van der Waals surface area contributed by atoms with Gasteiger partial charge in [0.15, 0.2) is 11.7 Å². The van der Waals surface area contributed by atoms with E-state index in [1.54, 1.807) is 33.8 Å². The zero-order valence-corrected chi connectivity index (χ0v) is 48.7.